The predicted octanol–water partition coefficient (Wildman–Crippen LogP) is 3.65. The molecule has 1 atom stereocenters. The van der Waals surface area contributed by atoms with Gasteiger partial charge in [0, 0.05) is 5.92 Å². The maximum Gasteiger partial charge on any atom is 0.224 e. The van der Waals surface area contributed by atoms with Gasteiger partial charge in [-0.05, 0) is 37.5 Å². The molecule has 19 heavy (non-hydrogen) atoms. The third-order valence-corrected chi connectivity index (χ3v) is 4.29. The number of amides is 1. The van der Waals surface area contributed by atoms with Crippen molar-refractivity contribution < 1.29 is 4.79 Å². The number of carbonyl (C=O) groups is 1. The van der Waals surface area contributed by atoms with E-state index in [1.54, 1.807) is 0 Å². The molecule has 3 nitrogen and oxygen atoms in total. The van der Waals surface area contributed by atoms with Crippen molar-refractivity contribution in [2.75, 3.05) is 0 Å². The van der Waals surface area contributed by atoms with Gasteiger partial charge in [0.05, 0.1) is 6.07 Å². The second-order valence-electron chi connectivity index (χ2n) is 6.22. The number of carbonyl (C=O) groups excluding carboxylic acids is 1. The van der Waals surface area contributed by atoms with Crippen molar-refractivity contribution in [3.8, 4) is 6.07 Å². The van der Waals surface area contributed by atoms with Crippen molar-refractivity contribution in [1.82, 2.24) is 5.32 Å². The van der Waals surface area contributed by atoms with Gasteiger partial charge in [-0.1, -0.05) is 40.0 Å². The first-order valence-electron chi connectivity index (χ1n) is 7.78. The van der Waals surface area contributed by atoms with Crippen LogP contribution in [-0.4, -0.2) is 11.9 Å². The summed E-state index contributed by atoms with van der Waals surface area (Å²) in [5, 5.41) is 11.9. The zero-order chi connectivity index (χ0) is 14.3. The van der Waals surface area contributed by atoms with Crippen LogP contribution in [0, 0.1) is 29.1 Å². The minimum atomic E-state index is -0.342. The molecule has 0 aromatic carbocycles. The Morgan fingerprint density at radius 2 is 1.95 bits per heavy atom. The van der Waals surface area contributed by atoms with E-state index in [1.807, 2.05) is 13.8 Å². The quantitative estimate of drug-likeness (QED) is 0.796. The summed E-state index contributed by atoms with van der Waals surface area (Å²) < 4.78 is 0. The fourth-order valence-electron chi connectivity index (χ4n) is 2.83. The molecule has 0 saturated heterocycles. The molecular weight excluding hydrogens is 236 g/mol. The second-order valence-corrected chi connectivity index (χ2v) is 6.22. The monoisotopic (exact) mass is 264 g/mol. The standard InChI is InChI=1S/C16H28N2O/c1-4-5-6-13-7-9-14(10-8-13)16(19)18-15(11-17)12(2)3/h12-15H,4-10H2,1-3H3,(H,18,19). The van der Waals surface area contributed by atoms with Gasteiger partial charge in [-0.25, -0.2) is 0 Å². The number of nitrogens with zero attached hydrogens (tertiary/aromatic N) is 1. The summed E-state index contributed by atoms with van der Waals surface area (Å²) >= 11 is 0. The van der Waals surface area contributed by atoms with Crippen LogP contribution < -0.4 is 5.32 Å². The molecule has 0 spiro atoms. The highest BCUT2D eigenvalue weighted by Gasteiger charge is 2.27. The Morgan fingerprint density at radius 1 is 1.32 bits per heavy atom. The van der Waals surface area contributed by atoms with Gasteiger partial charge in [-0.3, -0.25) is 4.79 Å². The van der Waals surface area contributed by atoms with E-state index in [-0.39, 0.29) is 23.8 Å². The van der Waals surface area contributed by atoms with Gasteiger partial charge in [0.1, 0.15) is 6.04 Å². The smallest absolute Gasteiger partial charge is 0.224 e. The maximum absolute atomic E-state index is 12.1. The Hall–Kier alpha value is -1.04. The van der Waals surface area contributed by atoms with E-state index in [0.717, 1.165) is 18.8 Å². The highest BCUT2D eigenvalue weighted by Crippen LogP contribution is 2.32. The van der Waals surface area contributed by atoms with Gasteiger partial charge in [0.15, 0.2) is 0 Å². The fourth-order valence-corrected chi connectivity index (χ4v) is 2.83. The Labute approximate surface area is 117 Å². The van der Waals surface area contributed by atoms with Gasteiger partial charge in [-0.2, -0.15) is 5.26 Å². The third kappa shape index (κ3) is 5.22. The zero-order valence-electron chi connectivity index (χ0n) is 12.6. The van der Waals surface area contributed by atoms with Crippen LogP contribution in [0.15, 0.2) is 0 Å². The van der Waals surface area contributed by atoms with Crippen LogP contribution >= 0.6 is 0 Å². The van der Waals surface area contributed by atoms with E-state index in [0.29, 0.717) is 0 Å². The highest BCUT2D eigenvalue weighted by molar-refractivity contribution is 5.79. The average Bonchev–Trinajstić information content (AvgIpc) is 2.42. The van der Waals surface area contributed by atoms with Gasteiger partial charge in [0.2, 0.25) is 5.91 Å². The molecule has 0 aliphatic heterocycles. The summed E-state index contributed by atoms with van der Waals surface area (Å²) in [7, 11) is 0. The van der Waals surface area contributed by atoms with Crippen LogP contribution in [0.2, 0.25) is 0 Å². The topological polar surface area (TPSA) is 52.9 Å². The summed E-state index contributed by atoms with van der Waals surface area (Å²) in [4.78, 5) is 12.1. The van der Waals surface area contributed by atoms with Gasteiger partial charge < -0.3 is 5.32 Å². The molecule has 1 N–H and O–H groups in total. The van der Waals surface area contributed by atoms with E-state index in [2.05, 4.69) is 18.3 Å². The maximum atomic E-state index is 12.1. The number of hydrogen-bond donors (Lipinski definition) is 1. The zero-order valence-corrected chi connectivity index (χ0v) is 12.6. The van der Waals surface area contributed by atoms with E-state index < -0.39 is 0 Å². The minimum Gasteiger partial charge on any atom is -0.340 e. The van der Waals surface area contributed by atoms with Crippen molar-refractivity contribution in [1.29, 1.82) is 5.26 Å². The van der Waals surface area contributed by atoms with Gasteiger partial charge in [-0.15, -0.1) is 0 Å². The number of hydrogen-bond acceptors (Lipinski definition) is 2. The lowest BCUT2D eigenvalue weighted by Gasteiger charge is -2.28. The first kappa shape index (κ1) is 16.0. The molecule has 1 aliphatic carbocycles. The first-order valence-corrected chi connectivity index (χ1v) is 7.78. The number of unbranched alkanes of at least 4 members (excludes halogenated alkanes) is 1. The summed E-state index contributed by atoms with van der Waals surface area (Å²) in [5.41, 5.74) is 0. The average molecular weight is 264 g/mol. The molecule has 1 fully saturated rings. The molecule has 1 rings (SSSR count). The molecule has 1 saturated carbocycles. The Balaban J connectivity index is 2.34. The van der Waals surface area contributed by atoms with Crippen LogP contribution in [0.3, 0.4) is 0 Å². The number of nitriles is 1. The fraction of sp³-hybridized carbons (Fsp3) is 0.875. The van der Waals surface area contributed by atoms with Gasteiger partial charge >= 0.3 is 0 Å². The largest absolute Gasteiger partial charge is 0.340 e. The summed E-state index contributed by atoms with van der Waals surface area (Å²) in [6.45, 7) is 6.17. The molecule has 0 bridgehead atoms. The van der Waals surface area contributed by atoms with Crippen LogP contribution in [-0.2, 0) is 4.79 Å². The van der Waals surface area contributed by atoms with Crippen molar-refractivity contribution in [2.45, 2.75) is 71.8 Å². The SMILES string of the molecule is CCCCC1CCC(C(=O)NC(C#N)C(C)C)CC1. The van der Waals surface area contributed by atoms with E-state index >= 15 is 0 Å². The van der Waals surface area contributed by atoms with Crippen LogP contribution in [0.4, 0.5) is 0 Å². The lowest BCUT2D eigenvalue weighted by Crippen LogP contribution is -2.41. The van der Waals surface area contributed by atoms with Crippen molar-refractivity contribution in [2.24, 2.45) is 17.8 Å². The van der Waals surface area contributed by atoms with Crippen LogP contribution in [0.25, 0.3) is 0 Å². The third-order valence-electron chi connectivity index (χ3n) is 4.29. The molecule has 108 valence electrons. The first-order chi connectivity index (χ1) is 9.08. The van der Waals surface area contributed by atoms with Crippen molar-refractivity contribution in [3.05, 3.63) is 0 Å². The summed E-state index contributed by atoms with van der Waals surface area (Å²) in [5.74, 6) is 1.22. The molecule has 1 amide bonds. The molecule has 0 aromatic heterocycles. The van der Waals surface area contributed by atoms with Crippen molar-refractivity contribution in [3.63, 3.8) is 0 Å². The highest BCUT2D eigenvalue weighted by atomic mass is 16.1. The molecule has 1 aliphatic rings. The second kappa shape index (κ2) is 8.19. The van der Waals surface area contributed by atoms with E-state index in [9.17, 15) is 4.79 Å². The Bertz CT molecular complexity index is 311. The molecule has 0 radical (unpaired) electrons. The molecule has 1 unspecified atom stereocenters. The molecule has 0 aromatic rings. The van der Waals surface area contributed by atoms with Gasteiger partial charge in [0.25, 0.3) is 0 Å². The lowest BCUT2D eigenvalue weighted by atomic mass is 9.79. The van der Waals surface area contributed by atoms with E-state index in [4.69, 9.17) is 5.26 Å². The van der Waals surface area contributed by atoms with Crippen molar-refractivity contribution >= 4 is 5.91 Å². The Kier molecular flexibility index (Phi) is 6.91. The number of nitrogens with one attached hydrogen (secondary N) is 1. The molecule has 3 heteroatoms. The Morgan fingerprint density at radius 3 is 2.42 bits per heavy atom. The molecular formula is C16H28N2O. The van der Waals surface area contributed by atoms with E-state index in [1.165, 1.54) is 32.1 Å². The van der Waals surface area contributed by atoms with Crippen LogP contribution in [0.1, 0.15) is 65.7 Å². The predicted molar refractivity (Wildman–Crippen MR) is 77.4 cm³/mol. The lowest BCUT2D eigenvalue weighted by molar-refractivity contribution is -0.126. The summed E-state index contributed by atoms with van der Waals surface area (Å²) in [6.07, 6.45) is 8.24. The molecule has 0 heterocycles. The van der Waals surface area contributed by atoms with Crippen LogP contribution in [0.5, 0.6) is 0 Å². The minimum absolute atomic E-state index is 0.0918. The normalized spacial score (nSPS) is 24.8. The number of rotatable bonds is 6. The summed E-state index contributed by atoms with van der Waals surface area (Å²) in [6, 6.07) is 1.83.